The minimum absolute atomic E-state index is 0.0480. The lowest BCUT2D eigenvalue weighted by atomic mass is 9.86. The van der Waals surface area contributed by atoms with Crippen molar-refractivity contribution in [1.82, 2.24) is 25.2 Å². The molecule has 0 bridgehead atoms. The number of benzene rings is 2. The molecule has 0 radical (unpaired) electrons. The summed E-state index contributed by atoms with van der Waals surface area (Å²) >= 11 is 1.48. The number of amides is 3. The second kappa shape index (κ2) is 15.4. The van der Waals surface area contributed by atoms with E-state index in [1.807, 2.05) is 37.3 Å². The van der Waals surface area contributed by atoms with Gasteiger partial charge in [-0.3, -0.25) is 4.90 Å². The smallest absolute Gasteiger partial charge is 0.407 e. The summed E-state index contributed by atoms with van der Waals surface area (Å²) in [5, 5.41) is 9.59. The largest absolute Gasteiger partial charge is 0.445 e. The molecule has 4 N–H and O–H groups in total. The number of alkyl carbamates (subject to hydrolysis) is 1. The Kier molecular flexibility index (Phi) is 11.4. The van der Waals surface area contributed by atoms with Crippen LogP contribution in [0.15, 0.2) is 59.6 Å². The highest BCUT2D eigenvalue weighted by Crippen LogP contribution is 2.40. The predicted octanol–water partition coefficient (Wildman–Crippen LogP) is 6.44. The van der Waals surface area contributed by atoms with Gasteiger partial charge in [0.1, 0.15) is 6.10 Å². The Balaban J connectivity index is 1.24. The number of nitrogens with one attached hydrogen (secondary N) is 4. The first-order valence-corrected chi connectivity index (χ1v) is 19.0. The lowest BCUT2D eigenvalue weighted by Gasteiger charge is -2.30. The third-order valence-corrected chi connectivity index (χ3v) is 11.9. The standard InChI is InChI=1S/C35H48N6O5S2/c1-23(29-12-9-19-41(29)5)46-34(43)39-26-15-13-25(14-16-26)32-36-22-30(47-32)28-18-17-27(20-31(28)48(44,45)40-35(2,3)4)38-33(42)37-21-24-10-7-6-8-11-24/h6-8,10-11,17-18,20,22-23,25-26,29,40H,9,12-16,19,21H2,1-5H3,(H,39,43)(H2,37,38,42)/t23-,25-,26-,29+/m1/s1. The number of aromatic nitrogens is 1. The summed E-state index contributed by atoms with van der Waals surface area (Å²) in [5.74, 6) is 0.214. The fourth-order valence-electron chi connectivity index (χ4n) is 6.50. The number of hydrogen-bond donors (Lipinski definition) is 4. The number of ether oxygens (including phenoxy) is 1. The molecule has 0 unspecified atom stereocenters. The molecular weight excluding hydrogens is 649 g/mol. The van der Waals surface area contributed by atoms with E-state index in [4.69, 9.17) is 9.72 Å². The fraction of sp³-hybridized carbons (Fsp3) is 0.514. The average Bonchev–Trinajstić information content (AvgIpc) is 3.69. The number of rotatable bonds is 10. The van der Waals surface area contributed by atoms with Gasteiger partial charge in [0.05, 0.1) is 14.8 Å². The molecule has 13 heteroatoms. The molecule has 2 fully saturated rings. The van der Waals surface area contributed by atoms with Gasteiger partial charge in [-0.25, -0.2) is 27.7 Å². The van der Waals surface area contributed by atoms with Gasteiger partial charge in [-0.2, -0.15) is 0 Å². The van der Waals surface area contributed by atoms with Crippen LogP contribution >= 0.6 is 11.3 Å². The molecule has 5 rings (SSSR count). The zero-order valence-electron chi connectivity index (χ0n) is 28.4. The molecule has 0 spiro atoms. The highest BCUT2D eigenvalue weighted by Gasteiger charge is 2.31. The van der Waals surface area contributed by atoms with E-state index >= 15 is 0 Å². The van der Waals surface area contributed by atoms with Crippen molar-refractivity contribution in [3.05, 3.63) is 65.3 Å². The monoisotopic (exact) mass is 696 g/mol. The number of carbonyl (C=O) groups is 2. The summed E-state index contributed by atoms with van der Waals surface area (Å²) < 4.78 is 35.8. The van der Waals surface area contributed by atoms with Crippen LogP contribution in [-0.2, 0) is 21.3 Å². The number of urea groups is 1. The van der Waals surface area contributed by atoms with E-state index in [2.05, 4.69) is 32.6 Å². The van der Waals surface area contributed by atoms with Crippen molar-refractivity contribution in [2.75, 3.05) is 18.9 Å². The van der Waals surface area contributed by atoms with Crippen LogP contribution in [0.1, 0.15) is 82.7 Å². The van der Waals surface area contributed by atoms with E-state index in [0.717, 1.165) is 60.5 Å². The molecule has 1 saturated heterocycles. The Bertz CT molecular complexity index is 1670. The fourth-order valence-corrected chi connectivity index (χ4v) is 9.36. The van der Waals surface area contributed by atoms with E-state index in [-0.39, 0.29) is 35.1 Å². The molecule has 1 aromatic heterocycles. The van der Waals surface area contributed by atoms with Crippen LogP contribution in [0.4, 0.5) is 15.3 Å². The minimum Gasteiger partial charge on any atom is -0.445 e. The third-order valence-electron chi connectivity index (χ3n) is 8.86. The van der Waals surface area contributed by atoms with Crippen molar-refractivity contribution in [3.8, 4) is 10.4 Å². The van der Waals surface area contributed by atoms with E-state index < -0.39 is 21.6 Å². The van der Waals surface area contributed by atoms with Crippen molar-refractivity contribution in [1.29, 1.82) is 0 Å². The average molecular weight is 697 g/mol. The Morgan fingerprint density at radius 2 is 1.79 bits per heavy atom. The van der Waals surface area contributed by atoms with Gasteiger partial charge >= 0.3 is 12.1 Å². The minimum atomic E-state index is -3.96. The van der Waals surface area contributed by atoms with Gasteiger partial charge < -0.3 is 20.7 Å². The first-order chi connectivity index (χ1) is 22.8. The number of sulfonamides is 1. The van der Waals surface area contributed by atoms with Crippen LogP contribution in [0.2, 0.25) is 0 Å². The van der Waals surface area contributed by atoms with Gasteiger partial charge in [-0.05, 0) is 97.5 Å². The number of thiazole rings is 1. The highest BCUT2D eigenvalue weighted by atomic mass is 32.2. The number of nitrogens with zero attached hydrogens (tertiary/aromatic N) is 2. The zero-order valence-corrected chi connectivity index (χ0v) is 30.0. The first-order valence-electron chi connectivity index (χ1n) is 16.7. The maximum Gasteiger partial charge on any atom is 0.407 e. The second-order valence-corrected chi connectivity index (χ2v) is 16.6. The molecule has 3 amide bonds. The van der Waals surface area contributed by atoms with Crippen molar-refractivity contribution in [2.45, 2.75) is 107 Å². The number of anilines is 1. The van der Waals surface area contributed by atoms with Crippen LogP contribution in [-0.4, -0.2) is 67.7 Å². The molecule has 1 aliphatic heterocycles. The Morgan fingerprint density at radius 3 is 2.46 bits per heavy atom. The van der Waals surface area contributed by atoms with Gasteiger partial charge in [-0.15, -0.1) is 11.3 Å². The maximum absolute atomic E-state index is 13.7. The van der Waals surface area contributed by atoms with Gasteiger partial charge in [0.15, 0.2) is 0 Å². The van der Waals surface area contributed by atoms with Crippen LogP contribution in [0.25, 0.3) is 10.4 Å². The SMILES string of the molecule is C[C@@H](OC(=O)N[C@H]1CC[C@H](c2ncc(-c3ccc(NC(=O)NCc4ccccc4)cc3S(=O)(=O)NC(C)(C)C)s2)CC1)[C@@H]1CCCN1C. The first kappa shape index (κ1) is 35.8. The summed E-state index contributed by atoms with van der Waals surface area (Å²) in [6.07, 6.45) is 6.73. The van der Waals surface area contributed by atoms with Crippen molar-refractivity contribution in [3.63, 3.8) is 0 Å². The van der Waals surface area contributed by atoms with Gasteiger partial charge in [-0.1, -0.05) is 36.4 Å². The lowest BCUT2D eigenvalue weighted by Crippen LogP contribution is -2.43. The molecule has 2 aromatic carbocycles. The van der Waals surface area contributed by atoms with Crippen LogP contribution in [0.3, 0.4) is 0 Å². The van der Waals surface area contributed by atoms with E-state index in [9.17, 15) is 18.0 Å². The summed E-state index contributed by atoms with van der Waals surface area (Å²) in [5.41, 5.74) is 1.12. The van der Waals surface area contributed by atoms with Crippen molar-refractivity contribution < 1.29 is 22.7 Å². The molecular formula is C35H48N6O5S2. The van der Waals surface area contributed by atoms with Gasteiger partial charge in [0.25, 0.3) is 0 Å². The summed E-state index contributed by atoms with van der Waals surface area (Å²) in [7, 11) is -1.89. The quantitative estimate of drug-likeness (QED) is 0.191. The van der Waals surface area contributed by atoms with Crippen molar-refractivity contribution in [2.24, 2.45) is 0 Å². The van der Waals surface area contributed by atoms with Crippen LogP contribution in [0, 0.1) is 0 Å². The van der Waals surface area contributed by atoms with Crippen LogP contribution in [0.5, 0.6) is 0 Å². The number of carbonyl (C=O) groups excluding carboxylic acids is 2. The third kappa shape index (κ3) is 9.55. The Hall–Kier alpha value is -3.52. The van der Waals surface area contributed by atoms with Gasteiger partial charge in [0, 0.05) is 47.5 Å². The number of hydrogen-bond acceptors (Lipinski definition) is 8. The lowest BCUT2D eigenvalue weighted by molar-refractivity contribution is 0.0578. The zero-order chi connectivity index (χ0) is 34.5. The topological polar surface area (TPSA) is 142 Å². The molecule has 3 aromatic rings. The van der Waals surface area contributed by atoms with E-state index in [1.165, 1.54) is 17.4 Å². The Morgan fingerprint density at radius 1 is 1.06 bits per heavy atom. The normalized spacial score (nSPS) is 21.0. The van der Waals surface area contributed by atoms with Crippen molar-refractivity contribution >= 4 is 39.2 Å². The summed E-state index contributed by atoms with van der Waals surface area (Å²) in [4.78, 5) is 33.1. The highest BCUT2D eigenvalue weighted by molar-refractivity contribution is 7.89. The number of likely N-dealkylation sites (N-methyl/N-ethyl adjacent to an activating group) is 1. The number of likely N-dealkylation sites (tertiary alicyclic amines) is 1. The second-order valence-electron chi connectivity index (χ2n) is 13.9. The Labute approximate surface area is 288 Å². The van der Waals surface area contributed by atoms with Crippen LogP contribution < -0.4 is 20.7 Å². The predicted molar refractivity (Wildman–Crippen MR) is 190 cm³/mol. The molecule has 1 aliphatic carbocycles. The molecule has 2 atom stereocenters. The molecule has 1 saturated carbocycles. The summed E-state index contributed by atoms with van der Waals surface area (Å²) in [6, 6.07) is 14.3. The molecule has 2 aliphatic rings. The summed E-state index contributed by atoms with van der Waals surface area (Å²) in [6.45, 7) is 8.69. The molecule has 11 nitrogen and oxygen atoms in total. The maximum atomic E-state index is 13.7. The van der Waals surface area contributed by atoms with Gasteiger partial charge in [0.2, 0.25) is 10.0 Å². The van der Waals surface area contributed by atoms with E-state index in [1.54, 1.807) is 39.1 Å². The molecule has 2 heterocycles. The van der Waals surface area contributed by atoms with E-state index in [0.29, 0.717) is 17.8 Å². The molecule has 48 heavy (non-hydrogen) atoms. The molecule has 260 valence electrons.